The van der Waals surface area contributed by atoms with Crippen LogP contribution in [0.25, 0.3) is 0 Å². The molecule has 152 valence electrons. The molecule has 1 atom stereocenters. The van der Waals surface area contributed by atoms with Gasteiger partial charge >= 0.3 is 0 Å². The molecule has 0 aliphatic rings. The van der Waals surface area contributed by atoms with Crippen molar-refractivity contribution >= 4 is 21.6 Å². The number of furan rings is 1. The van der Waals surface area contributed by atoms with E-state index in [-0.39, 0.29) is 16.8 Å². The van der Waals surface area contributed by atoms with E-state index in [1.54, 1.807) is 31.2 Å². The normalized spacial score (nSPS) is 12.4. The molecule has 2 aromatic carbocycles. The van der Waals surface area contributed by atoms with Crippen LogP contribution >= 0.6 is 0 Å². The number of amides is 1. The number of hydrogen-bond donors (Lipinski definition) is 1. The van der Waals surface area contributed by atoms with Crippen molar-refractivity contribution in [1.82, 2.24) is 5.32 Å². The number of anilines is 1. The van der Waals surface area contributed by atoms with E-state index in [0.29, 0.717) is 23.6 Å². The highest BCUT2D eigenvalue weighted by Gasteiger charge is 2.24. The van der Waals surface area contributed by atoms with E-state index < -0.39 is 10.0 Å². The summed E-state index contributed by atoms with van der Waals surface area (Å²) in [5, 5.41) is 2.85. The molecule has 7 heteroatoms. The maximum atomic E-state index is 13.0. The van der Waals surface area contributed by atoms with Crippen molar-refractivity contribution in [3.05, 3.63) is 83.8 Å². The Morgan fingerprint density at radius 3 is 2.24 bits per heavy atom. The molecule has 1 heterocycles. The Bertz CT molecular complexity index is 1070. The first-order valence-electron chi connectivity index (χ1n) is 9.38. The van der Waals surface area contributed by atoms with Crippen LogP contribution < -0.4 is 9.62 Å². The lowest BCUT2D eigenvalue weighted by molar-refractivity contribution is 0.0935. The lowest BCUT2D eigenvalue weighted by Crippen LogP contribution is -2.31. The van der Waals surface area contributed by atoms with Gasteiger partial charge in [-0.25, -0.2) is 8.42 Å². The Labute approximate surface area is 171 Å². The number of nitrogens with zero attached hydrogens (tertiary/aromatic N) is 1. The van der Waals surface area contributed by atoms with Crippen LogP contribution in [-0.4, -0.2) is 20.9 Å². The molecule has 29 heavy (non-hydrogen) atoms. The van der Waals surface area contributed by atoms with E-state index in [9.17, 15) is 13.2 Å². The summed E-state index contributed by atoms with van der Waals surface area (Å²) in [5.41, 5.74) is 0.973. The van der Waals surface area contributed by atoms with Gasteiger partial charge in [0, 0.05) is 12.1 Å². The van der Waals surface area contributed by atoms with Crippen LogP contribution in [0.15, 0.2) is 76.0 Å². The fraction of sp³-hybridized carbons (Fsp3) is 0.227. The van der Waals surface area contributed by atoms with Crippen LogP contribution in [-0.2, 0) is 10.0 Å². The van der Waals surface area contributed by atoms with Gasteiger partial charge < -0.3 is 9.73 Å². The van der Waals surface area contributed by atoms with Gasteiger partial charge in [-0.3, -0.25) is 9.10 Å². The third-order valence-corrected chi connectivity index (χ3v) is 6.49. The predicted octanol–water partition coefficient (Wildman–Crippen LogP) is 4.29. The second-order valence-electron chi connectivity index (χ2n) is 6.67. The van der Waals surface area contributed by atoms with Gasteiger partial charge in [0.2, 0.25) is 0 Å². The third-order valence-electron chi connectivity index (χ3n) is 4.57. The van der Waals surface area contributed by atoms with Gasteiger partial charge in [-0.2, -0.15) is 0 Å². The summed E-state index contributed by atoms with van der Waals surface area (Å²) < 4.78 is 32.9. The first-order valence-corrected chi connectivity index (χ1v) is 10.8. The van der Waals surface area contributed by atoms with Gasteiger partial charge in [0.25, 0.3) is 15.9 Å². The fourth-order valence-electron chi connectivity index (χ4n) is 3.03. The molecule has 0 saturated heterocycles. The number of benzene rings is 2. The topological polar surface area (TPSA) is 79.6 Å². The minimum Gasteiger partial charge on any atom is -0.464 e. The zero-order chi connectivity index (χ0) is 21.0. The lowest BCUT2D eigenvalue weighted by Gasteiger charge is -2.23. The summed E-state index contributed by atoms with van der Waals surface area (Å²) in [6, 6.07) is 18.2. The molecule has 3 rings (SSSR count). The Hall–Kier alpha value is -3.06. The monoisotopic (exact) mass is 412 g/mol. The summed E-state index contributed by atoms with van der Waals surface area (Å²) >= 11 is 0. The highest BCUT2D eigenvalue weighted by molar-refractivity contribution is 7.92. The number of sulfonamides is 1. The molecule has 6 nitrogen and oxygen atoms in total. The van der Waals surface area contributed by atoms with Crippen LogP contribution in [0.1, 0.15) is 41.8 Å². The number of carbonyl (C=O) groups excluding carboxylic acids is 1. The average molecular weight is 413 g/mol. The van der Waals surface area contributed by atoms with E-state index >= 15 is 0 Å². The summed E-state index contributed by atoms with van der Waals surface area (Å²) in [7, 11) is -3.72. The smallest absolute Gasteiger partial charge is 0.264 e. The Morgan fingerprint density at radius 1 is 1.03 bits per heavy atom. The van der Waals surface area contributed by atoms with Crippen molar-refractivity contribution in [2.24, 2.45) is 0 Å². The molecule has 0 radical (unpaired) electrons. The molecule has 1 aromatic heterocycles. The van der Waals surface area contributed by atoms with Gasteiger partial charge in [0.1, 0.15) is 11.5 Å². The number of carbonyl (C=O) groups is 1. The molecule has 1 unspecified atom stereocenters. The van der Waals surface area contributed by atoms with Crippen LogP contribution in [0.4, 0.5) is 5.69 Å². The van der Waals surface area contributed by atoms with Gasteiger partial charge in [-0.05, 0) is 69.3 Å². The maximum absolute atomic E-state index is 13.0. The number of hydrogen-bond acceptors (Lipinski definition) is 4. The highest BCUT2D eigenvalue weighted by Crippen LogP contribution is 2.23. The first kappa shape index (κ1) is 20.7. The van der Waals surface area contributed by atoms with Crippen LogP contribution in [0.5, 0.6) is 0 Å². The van der Waals surface area contributed by atoms with Gasteiger partial charge in [-0.1, -0.05) is 18.2 Å². The number of para-hydroxylation sites is 1. The molecule has 0 aliphatic heterocycles. The van der Waals surface area contributed by atoms with Crippen LogP contribution in [0.3, 0.4) is 0 Å². The standard InChI is InChI=1S/C22H24N2O4S/c1-4-24(19-8-6-5-7-9-19)29(26,27)20-13-11-18(12-14-20)22(25)23-17(3)21-15-10-16(2)28-21/h5-15,17H,4H2,1-3H3,(H,23,25). The number of rotatable bonds is 7. The zero-order valence-corrected chi connectivity index (χ0v) is 17.4. The molecular weight excluding hydrogens is 388 g/mol. The molecule has 0 spiro atoms. The maximum Gasteiger partial charge on any atom is 0.264 e. The van der Waals surface area contributed by atoms with Gasteiger partial charge in [-0.15, -0.1) is 0 Å². The largest absolute Gasteiger partial charge is 0.464 e. The second kappa shape index (κ2) is 8.53. The predicted molar refractivity (Wildman–Crippen MR) is 112 cm³/mol. The molecule has 1 amide bonds. The van der Waals surface area contributed by atoms with E-state index in [1.807, 2.05) is 32.0 Å². The van der Waals surface area contributed by atoms with E-state index in [2.05, 4.69) is 5.32 Å². The molecule has 0 fully saturated rings. The highest BCUT2D eigenvalue weighted by atomic mass is 32.2. The average Bonchev–Trinajstić information content (AvgIpc) is 3.16. The van der Waals surface area contributed by atoms with Crippen molar-refractivity contribution in [1.29, 1.82) is 0 Å². The SMILES string of the molecule is CCN(c1ccccc1)S(=O)(=O)c1ccc(C(=O)NC(C)c2ccc(C)o2)cc1. The van der Waals surface area contributed by atoms with E-state index in [4.69, 9.17) is 4.42 Å². The summed E-state index contributed by atoms with van der Waals surface area (Å²) in [5.74, 6) is 1.14. The molecule has 0 aliphatic carbocycles. The Morgan fingerprint density at radius 2 is 1.69 bits per heavy atom. The second-order valence-corrected chi connectivity index (χ2v) is 8.54. The minimum atomic E-state index is -3.72. The molecule has 0 bridgehead atoms. The van der Waals surface area contributed by atoms with Crippen molar-refractivity contribution in [3.8, 4) is 0 Å². The third kappa shape index (κ3) is 4.51. The van der Waals surface area contributed by atoms with Crippen molar-refractivity contribution in [2.75, 3.05) is 10.8 Å². The minimum absolute atomic E-state index is 0.134. The number of aryl methyl sites for hydroxylation is 1. The molecule has 0 saturated carbocycles. The van der Waals surface area contributed by atoms with Crippen molar-refractivity contribution in [2.45, 2.75) is 31.7 Å². The summed E-state index contributed by atoms with van der Waals surface area (Å²) in [6.07, 6.45) is 0. The van der Waals surface area contributed by atoms with Crippen LogP contribution in [0, 0.1) is 6.92 Å². The first-order chi connectivity index (χ1) is 13.8. The number of nitrogens with one attached hydrogen (secondary N) is 1. The van der Waals surface area contributed by atoms with Crippen LogP contribution in [0.2, 0.25) is 0 Å². The van der Waals surface area contributed by atoms with Crippen molar-refractivity contribution < 1.29 is 17.6 Å². The Kier molecular flexibility index (Phi) is 6.08. The van der Waals surface area contributed by atoms with Gasteiger partial charge in [0.15, 0.2) is 0 Å². The van der Waals surface area contributed by atoms with Crippen molar-refractivity contribution in [3.63, 3.8) is 0 Å². The Balaban J connectivity index is 1.77. The lowest BCUT2D eigenvalue weighted by atomic mass is 10.2. The molecule has 3 aromatic rings. The quantitative estimate of drug-likeness (QED) is 0.628. The van der Waals surface area contributed by atoms with E-state index in [1.165, 1.54) is 28.6 Å². The van der Waals surface area contributed by atoms with Gasteiger partial charge in [0.05, 0.1) is 16.6 Å². The van der Waals surface area contributed by atoms with E-state index in [0.717, 1.165) is 5.76 Å². The summed E-state index contributed by atoms with van der Waals surface area (Å²) in [6.45, 7) is 5.75. The molecule has 1 N–H and O–H groups in total. The molecular formula is C22H24N2O4S. The zero-order valence-electron chi connectivity index (χ0n) is 16.6. The fourth-order valence-corrected chi connectivity index (χ4v) is 4.50. The summed E-state index contributed by atoms with van der Waals surface area (Å²) in [4.78, 5) is 12.6.